The van der Waals surface area contributed by atoms with Crippen molar-refractivity contribution in [2.24, 2.45) is 0 Å². The van der Waals surface area contributed by atoms with Crippen LogP contribution in [-0.2, 0) is 5.41 Å². The first kappa shape index (κ1) is 31.3. The molecule has 11 aromatic rings. The highest BCUT2D eigenvalue weighted by Crippen LogP contribution is 2.50. The summed E-state index contributed by atoms with van der Waals surface area (Å²) in [5, 5.41) is 9.23. The molecule has 264 valence electrons. The fraction of sp³-hybridized carbons (Fsp3) is 0.0566. The van der Waals surface area contributed by atoms with E-state index in [0.29, 0.717) is 0 Å². The van der Waals surface area contributed by atoms with Crippen LogP contribution in [0.15, 0.2) is 185 Å². The van der Waals surface area contributed by atoms with Crippen molar-refractivity contribution in [3.63, 3.8) is 0 Å². The Bertz CT molecular complexity index is 3420. The van der Waals surface area contributed by atoms with Gasteiger partial charge in [-0.2, -0.15) is 0 Å². The number of furan rings is 2. The number of hydrogen-bond donors (Lipinski definition) is 0. The lowest BCUT2D eigenvalue weighted by molar-refractivity contribution is 0.660. The van der Waals surface area contributed by atoms with Crippen LogP contribution in [0.3, 0.4) is 0 Å². The van der Waals surface area contributed by atoms with Gasteiger partial charge in [0.05, 0.1) is 5.69 Å². The molecule has 0 saturated carbocycles. The third-order valence-corrected chi connectivity index (χ3v) is 12.2. The van der Waals surface area contributed by atoms with Crippen molar-refractivity contribution in [1.29, 1.82) is 0 Å². The molecule has 0 radical (unpaired) electrons. The standard InChI is InChI=1S/C53H35NO2/c1-53(2)46-17-9-7-14-39(46)44-27-32(19-25-47(44)53)33-20-26-50-45(28-33)43-24-22-36(31-52(43)56-50)54(35-21-23-42-41-16-8-10-18-49(41)55-51(42)30-35)48-29-34-11-3-4-12-37(34)38-13-5-6-15-40(38)48/h3-31H,1-2H3. The zero-order valence-corrected chi connectivity index (χ0v) is 31.0. The van der Waals surface area contributed by atoms with Crippen molar-refractivity contribution in [2.45, 2.75) is 19.3 Å². The van der Waals surface area contributed by atoms with Crippen molar-refractivity contribution in [3.05, 3.63) is 187 Å². The van der Waals surface area contributed by atoms with Gasteiger partial charge in [-0.25, -0.2) is 0 Å². The van der Waals surface area contributed by atoms with E-state index in [1.165, 1.54) is 54.9 Å². The summed E-state index contributed by atoms with van der Waals surface area (Å²) in [6, 6.07) is 63.5. The van der Waals surface area contributed by atoms with Crippen molar-refractivity contribution in [3.8, 4) is 22.3 Å². The second kappa shape index (κ2) is 11.5. The van der Waals surface area contributed by atoms with E-state index in [9.17, 15) is 0 Å². The normalized spacial score (nSPS) is 13.3. The van der Waals surface area contributed by atoms with Crippen LogP contribution in [0.5, 0.6) is 0 Å². The molecule has 0 saturated heterocycles. The molecule has 0 spiro atoms. The molecule has 0 aliphatic heterocycles. The number of nitrogens with zero attached hydrogens (tertiary/aromatic N) is 1. The van der Waals surface area contributed by atoms with Gasteiger partial charge in [0.2, 0.25) is 0 Å². The van der Waals surface area contributed by atoms with Crippen LogP contribution in [0.1, 0.15) is 25.0 Å². The zero-order valence-electron chi connectivity index (χ0n) is 31.0. The lowest BCUT2D eigenvalue weighted by Gasteiger charge is -2.27. The Hall–Kier alpha value is -7.10. The summed E-state index contributed by atoms with van der Waals surface area (Å²) >= 11 is 0. The van der Waals surface area contributed by atoms with Gasteiger partial charge in [-0.3, -0.25) is 0 Å². The number of fused-ring (bicyclic) bond motifs is 12. The molecule has 0 unspecified atom stereocenters. The van der Waals surface area contributed by atoms with Crippen LogP contribution in [-0.4, -0.2) is 0 Å². The topological polar surface area (TPSA) is 29.5 Å². The Morgan fingerprint density at radius 1 is 0.375 bits per heavy atom. The molecule has 3 heteroatoms. The average molecular weight is 718 g/mol. The lowest BCUT2D eigenvalue weighted by atomic mass is 9.82. The highest BCUT2D eigenvalue weighted by molar-refractivity contribution is 6.16. The number of hydrogen-bond acceptors (Lipinski definition) is 3. The molecular formula is C53H35NO2. The van der Waals surface area contributed by atoms with Crippen molar-refractivity contribution >= 4 is 82.5 Å². The van der Waals surface area contributed by atoms with Crippen LogP contribution in [0.25, 0.3) is 87.7 Å². The minimum atomic E-state index is -0.0162. The molecule has 0 N–H and O–H groups in total. The predicted octanol–water partition coefficient (Wildman–Crippen LogP) is 15.2. The maximum absolute atomic E-state index is 6.68. The maximum atomic E-state index is 6.68. The van der Waals surface area contributed by atoms with Gasteiger partial charge in [-0.1, -0.05) is 123 Å². The summed E-state index contributed by atoms with van der Waals surface area (Å²) in [7, 11) is 0. The number of para-hydroxylation sites is 1. The van der Waals surface area contributed by atoms with E-state index in [4.69, 9.17) is 8.83 Å². The summed E-state index contributed by atoms with van der Waals surface area (Å²) in [4.78, 5) is 2.35. The number of rotatable bonds is 4. The molecule has 0 atom stereocenters. The zero-order chi connectivity index (χ0) is 37.1. The molecule has 56 heavy (non-hydrogen) atoms. The van der Waals surface area contributed by atoms with Gasteiger partial charge in [0.1, 0.15) is 22.3 Å². The van der Waals surface area contributed by atoms with Crippen LogP contribution < -0.4 is 4.90 Å². The van der Waals surface area contributed by atoms with Gasteiger partial charge in [0.15, 0.2) is 0 Å². The monoisotopic (exact) mass is 717 g/mol. The van der Waals surface area contributed by atoms with Crippen molar-refractivity contribution < 1.29 is 8.83 Å². The molecule has 3 nitrogen and oxygen atoms in total. The predicted molar refractivity (Wildman–Crippen MR) is 234 cm³/mol. The van der Waals surface area contributed by atoms with Gasteiger partial charge < -0.3 is 13.7 Å². The van der Waals surface area contributed by atoms with E-state index in [0.717, 1.165) is 60.9 Å². The molecule has 0 bridgehead atoms. The molecule has 0 fully saturated rings. The lowest BCUT2D eigenvalue weighted by Crippen LogP contribution is -2.14. The van der Waals surface area contributed by atoms with Gasteiger partial charge in [-0.15, -0.1) is 0 Å². The second-order valence-corrected chi connectivity index (χ2v) is 15.7. The quantitative estimate of drug-likeness (QED) is 0.170. The Labute approximate surface area is 323 Å². The summed E-state index contributed by atoms with van der Waals surface area (Å²) in [6.07, 6.45) is 0. The van der Waals surface area contributed by atoms with E-state index in [-0.39, 0.29) is 5.41 Å². The molecule has 2 aromatic heterocycles. The van der Waals surface area contributed by atoms with E-state index < -0.39 is 0 Å². The molecule has 1 aliphatic carbocycles. The summed E-state index contributed by atoms with van der Waals surface area (Å²) in [5.74, 6) is 0. The Morgan fingerprint density at radius 3 is 1.75 bits per heavy atom. The molecule has 12 rings (SSSR count). The first-order valence-electron chi connectivity index (χ1n) is 19.3. The van der Waals surface area contributed by atoms with Crippen LogP contribution in [0, 0.1) is 0 Å². The SMILES string of the molecule is CC1(C)c2ccccc2-c2cc(-c3ccc4oc5cc(N(c6ccc7c(c6)oc6ccccc67)c6cc7ccccc7c7ccccc67)ccc5c4c3)ccc21. The molecule has 1 aliphatic rings. The average Bonchev–Trinajstić information content (AvgIpc) is 3.87. The van der Waals surface area contributed by atoms with Crippen molar-refractivity contribution in [2.75, 3.05) is 4.90 Å². The third-order valence-electron chi connectivity index (χ3n) is 12.2. The minimum absolute atomic E-state index is 0.0162. The fourth-order valence-corrected chi connectivity index (χ4v) is 9.48. The minimum Gasteiger partial charge on any atom is -0.456 e. The molecule has 2 heterocycles. The fourth-order valence-electron chi connectivity index (χ4n) is 9.48. The number of anilines is 3. The van der Waals surface area contributed by atoms with E-state index >= 15 is 0 Å². The van der Waals surface area contributed by atoms with Gasteiger partial charge in [0, 0.05) is 55.9 Å². The Balaban J connectivity index is 1.03. The molecular weight excluding hydrogens is 683 g/mol. The van der Waals surface area contributed by atoms with Crippen molar-refractivity contribution in [1.82, 2.24) is 0 Å². The van der Waals surface area contributed by atoms with Gasteiger partial charge in [0.25, 0.3) is 0 Å². The largest absolute Gasteiger partial charge is 0.456 e. The first-order valence-corrected chi connectivity index (χ1v) is 19.3. The Morgan fingerprint density at radius 2 is 0.946 bits per heavy atom. The third kappa shape index (κ3) is 4.46. The highest BCUT2D eigenvalue weighted by atomic mass is 16.3. The van der Waals surface area contributed by atoms with E-state index in [2.05, 4.69) is 183 Å². The summed E-state index contributed by atoms with van der Waals surface area (Å²) < 4.78 is 13.1. The van der Waals surface area contributed by atoms with Gasteiger partial charge in [-0.05, 0) is 104 Å². The Kier molecular flexibility index (Phi) is 6.40. The second-order valence-electron chi connectivity index (χ2n) is 15.7. The smallest absolute Gasteiger partial charge is 0.137 e. The maximum Gasteiger partial charge on any atom is 0.137 e. The first-order chi connectivity index (χ1) is 27.5. The van der Waals surface area contributed by atoms with E-state index in [1.54, 1.807) is 0 Å². The summed E-state index contributed by atoms with van der Waals surface area (Å²) in [6.45, 7) is 4.66. The van der Waals surface area contributed by atoms with E-state index in [1.807, 2.05) is 12.1 Å². The molecule has 0 amide bonds. The number of benzene rings is 9. The molecule has 9 aromatic carbocycles. The van der Waals surface area contributed by atoms with Crippen LogP contribution in [0.4, 0.5) is 17.1 Å². The van der Waals surface area contributed by atoms with Gasteiger partial charge >= 0.3 is 0 Å². The highest BCUT2D eigenvalue weighted by Gasteiger charge is 2.35. The summed E-state index contributed by atoms with van der Waals surface area (Å²) in [5.41, 5.74) is 14.4. The van der Waals surface area contributed by atoms with Crippen LogP contribution in [0.2, 0.25) is 0 Å². The van der Waals surface area contributed by atoms with Crippen LogP contribution >= 0.6 is 0 Å².